The van der Waals surface area contributed by atoms with Gasteiger partial charge in [0.1, 0.15) is 0 Å². The van der Waals surface area contributed by atoms with Crippen molar-refractivity contribution in [2.75, 3.05) is 5.32 Å². The van der Waals surface area contributed by atoms with Gasteiger partial charge in [0.15, 0.2) is 0 Å². The average molecular weight is 398 g/mol. The van der Waals surface area contributed by atoms with E-state index in [2.05, 4.69) is 15.5 Å². The van der Waals surface area contributed by atoms with E-state index in [1.807, 2.05) is 17.5 Å². The Morgan fingerprint density at radius 2 is 1.96 bits per heavy atom. The van der Waals surface area contributed by atoms with Gasteiger partial charge in [-0.05, 0) is 41.8 Å². The maximum absolute atomic E-state index is 12.2. The van der Waals surface area contributed by atoms with Gasteiger partial charge in [0, 0.05) is 16.6 Å². The van der Waals surface area contributed by atoms with Crippen LogP contribution in [0.1, 0.15) is 9.67 Å². The Hall–Kier alpha value is -3.01. The zero-order chi connectivity index (χ0) is 19.0. The summed E-state index contributed by atoms with van der Waals surface area (Å²) in [4.78, 5) is 12.8. The summed E-state index contributed by atoms with van der Waals surface area (Å²) in [6, 6.07) is 15.2. The summed E-state index contributed by atoms with van der Waals surface area (Å²) in [6.07, 6.45) is 0. The van der Waals surface area contributed by atoms with E-state index in [0.29, 0.717) is 21.8 Å². The van der Waals surface area contributed by atoms with Crippen LogP contribution in [0.25, 0.3) is 22.2 Å². The molecule has 2 heterocycles. The summed E-state index contributed by atoms with van der Waals surface area (Å²) < 4.78 is 23.1. The molecule has 0 bridgehead atoms. The Labute approximate surface area is 158 Å². The fourth-order valence-corrected chi connectivity index (χ4v) is 3.92. The molecule has 0 aliphatic heterocycles. The van der Waals surface area contributed by atoms with Crippen molar-refractivity contribution in [3.8, 4) is 11.3 Å². The number of nitrogens with one attached hydrogen (secondary N) is 2. The summed E-state index contributed by atoms with van der Waals surface area (Å²) in [5.41, 5.74) is 2.58. The first-order valence-electron chi connectivity index (χ1n) is 7.88. The summed E-state index contributed by atoms with van der Waals surface area (Å²) in [7, 11) is -3.80. The first-order chi connectivity index (χ1) is 12.9. The molecule has 27 heavy (non-hydrogen) atoms. The Morgan fingerprint density at radius 1 is 1.11 bits per heavy atom. The Kier molecular flexibility index (Phi) is 4.27. The summed E-state index contributed by atoms with van der Waals surface area (Å²) in [6.45, 7) is 0. The lowest BCUT2D eigenvalue weighted by atomic mass is 10.1. The molecule has 0 saturated heterocycles. The molecular formula is C18H14N4O3S2. The topological polar surface area (TPSA) is 118 Å². The molecule has 2 aromatic carbocycles. The van der Waals surface area contributed by atoms with Gasteiger partial charge < -0.3 is 5.32 Å². The van der Waals surface area contributed by atoms with Crippen molar-refractivity contribution in [1.82, 2.24) is 10.2 Å². The highest BCUT2D eigenvalue weighted by Gasteiger charge is 2.14. The van der Waals surface area contributed by atoms with Crippen LogP contribution in [0.15, 0.2) is 64.9 Å². The third-order valence-electron chi connectivity index (χ3n) is 4.00. The van der Waals surface area contributed by atoms with Gasteiger partial charge in [0.05, 0.1) is 21.0 Å². The lowest BCUT2D eigenvalue weighted by Gasteiger charge is -2.04. The van der Waals surface area contributed by atoms with Gasteiger partial charge in [-0.2, -0.15) is 5.10 Å². The third kappa shape index (κ3) is 3.47. The smallest absolute Gasteiger partial charge is 0.265 e. The van der Waals surface area contributed by atoms with Crippen molar-refractivity contribution < 1.29 is 13.2 Å². The number of primary sulfonamides is 1. The van der Waals surface area contributed by atoms with Gasteiger partial charge in [-0.25, -0.2) is 13.6 Å². The highest BCUT2D eigenvalue weighted by molar-refractivity contribution is 7.89. The number of rotatable bonds is 4. The van der Waals surface area contributed by atoms with Crippen LogP contribution in [0, 0.1) is 0 Å². The lowest BCUT2D eigenvalue weighted by molar-refractivity contribution is 0.103. The first kappa shape index (κ1) is 17.4. The number of aromatic nitrogens is 2. The Morgan fingerprint density at radius 3 is 2.70 bits per heavy atom. The molecule has 1 amide bonds. The Balaban J connectivity index is 1.68. The van der Waals surface area contributed by atoms with Crippen LogP contribution in [0.2, 0.25) is 0 Å². The summed E-state index contributed by atoms with van der Waals surface area (Å²) >= 11 is 1.37. The minimum absolute atomic E-state index is 0.0241. The first-order valence-corrected chi connectivity index (χ1v) is 10.3. The molecule has 0 fully saturated rings. The largest absolute Gasteiger partial charge is 0.321 e. The molecule has 0 saturated carbocycles. The number of carbonyl (C=O) groups is 1. The van der Waals surface area contributed by atoms with Crippen LogP contribution >= 0.6 is 11.3 Å². The second-order valence-electron chi connectivity index (χ2n) is 5.84. The number of H-pyrrole nitrogens is 1. The maximum atomic E-state index is 12.2. The molecule has 4 aromatic rings. The minimum Gasteiger partial charge on any atom is -0.321 e. The predicted octanol–water partition coefficient (Wildman–Crippen LogP) is 3.19. The van der Waals surface area contributed by atoms with Gasteiger partial charge >= 0.3 is 0 Å². The summed E-state index contributed by atoms with van der Waals surface area (Å²) in [5.74, 6) is -0.176. The molecule has 0 unspecified atom stereocenters. The van der Waals surface area contributed by atoms with E-state index in [-0.39, 0.29) is 10.8 Å². The van der Waals surface area contributed by atoms with Crippen molar-refractivity contribution in [1.29, 1.82) is 0 Å². The number of nitrogens with two attached hydrogens (primary N) is 1. The van der Waals surface area contributed by atoms with Gasteiger partial charge in [-0.15, -0.1) is 11.3 Å². The lowest BCUT2D eigenvalue weighted by Crippen LogP contribution is -2.11. The van der Waals surface area contributed by atoms with E-state index in [9.17, 15) is 13.2 Å². The van der Waals surface area contributed by atoms with Crippen LogP contribution < -0.4 is 10.5 Å². The fraction of sp³-hybridized carbons (Fsp3) is 0. The van der Waals surface area contributed by atoms with E-state index in [4.69, 9.17) is 5.14 Å². The number of anilines is 1. The fourth-order valence-electron chi connectivity index (χ4n) is 2.74. The van der Waals surface area contributed by atoms with E-state index in [0.717, 1.165) is 10.9 Å². The van der Waals surface area contributed by atoms with Crippen LogP contribution in [0.4, 0.5) is 5.69 Å². The SMILES string of the molecule is NS(=O)(=O)c1cccc(-c2n[nH]c3cc(NC(=O)c4cccs4)ccc23)c1. The number of sulfonamides is 1. The number of carbonyl (C=O) groups excluding carboxylic acids is 1. The molecule has 2 aromatic heterocycles. The minimum atomic E-state index is -3.80. The van der Waals surface area contributed by atoms with Crippen molar-refractivity contribution in [2.24, 2.45) is 5.14 Å². The molecule has 9 heteroatoms. The number of hydrogen-bond acceptors (Lipinski definition) is 5. The molecule has 136 valence electrons. The zero-order valence-electron chi connectivity index (χ0n) is 13.8. The standard InChI is InChI=1S/C18H14N4O3S2/c19-27(24,25)13-4-1-3-11(9-13)17-14-7-6-12(10-15(14)21-22-17)20-18(23)16-5-2-8-26-16/h1-10H,(H,20,23)(H,21,22)(H2,19,24,25). The third-order valence-corrected chi connectivity index (χ3v) is 5.78. The molecule has 7 nitrogen and oxygen atoms in total. The molecule has 0 radical (unpaired) electrons. The second kappa shape index (κ2) is 6.62. The van der Waals surface area contributed by atoms with E-state index >= 15 is 0 Å². The monoisotopic (exact) mass is 398 g/mol. The van der Waals surface area contributed by atoms with E-state index < -0.39 is 10.0 Å². The molecule has 4 rings (SSSR count). The van der Waals surface area contributed by atoms with E-state index in [1.54, 1.807) is 30.3 Å². The van der Waals surface area contributed by atoms with Crippen LogP contribution in [-0.4, -0.2) is 24.5 Å². The van der Waals surface area contributed by atoms with Gasteiger partial charge in [-0.1, -0.05) is 18.2 Å². The quantitative estimate of drug-likeness (QED) is 0.489. The number of fused-ring (bicyclic) bond motifs is 1. The van der Waals surface area contributed by atoms with E-state index in [1.165, 1.54) is 23.5 Å². The van der Waals surface area contributed by atoms with Crippen molar-refractivity contribution in [3.63, 3.8) is 0 Å². The highest BCUT2D eigenvalue weighted by Crippen LogP contribution is 2.29. The summed E-state index contributed by atoms with van der Waals surface area (Å²) in [5, 5.41) is 17.9. The molecule has 4 N–H and O–H groups in total. The van der Waals surface area contributed by atoms with Gasteiger partial charge in [-0.3, -0.25) is 9.89 Å². The predicted molar refractivity (Wildman–Crippen MR) is 105 cm³/mol. The highest BCUT2D eigenvalue weighted by atomic mass is 32.2. The second-order valence-corrected chi connectivity index (χ2v) is 8.35. The van der Waals surface area contributed by atoms with Crippen LogP contribution in [-0.2, 0) is 10.0 Å². The van der Waals surface area contributed by atoms with Gasteiger partial charge in [0.25, 0.3) is 5.91 Å². The molecule has 0 aliphatic carbocycles. The van der Waals surface area contributed by atoms with Crippen molar-refractivity contribution >= 4 is 43.9 Å². The number of nitrogens with zero attached hydrogens (tertiary/aromatic N) is 1. The van der Waals surface area contributed by atoms with Crippen molar-refractivity contribution in [2.45, 2.75) is 4.90 Å². The molecule has 0 aliphatic rings. The number of amides is 1. The number of hydrogen-bond donors (Lipinski definition) is 3. The van der Waals surface area contributed by atoms with Crippen LogP contribution in [0.3, 0.4) is 0 Å². The zero-order valence-corrected chi connectivity index (χ0v) is 15.5. The maximum Gasteiger partial charge on any atom is 0.265 e. The molecule has 0 spiro atoms. The molecular weight excluding hydrogens is 384 g/mol. The number of benzene rings is 2. The molecule has 0 atom stereocenters. The van der Waals surface area contributed by atoms with Crippen LogP contribution in [0.5, 0.6) is 0 Å². The van der Waals surface area contributed by atoms with Crippen molar-refractivity contribution in [3.05, 3.63) is 64.9 Å². The average Bonchev–Trinajstić information content (AvgIpc) is 3.31. The number of thiophene rings is 1. The number of aromatic amines is 1. The van der Waals surface area contributed by atoms with Gasteiger partial charge in [0.2, 0.25) is 10.0 Å². The normalized spacial score (nSPS) is 11.6. The Bertz CT molecular complexity index is 1240.